The lowest BCUT2D eigenvalue weighted by atomic mass is 9.99. The van der Waals surface area contributed by atoms with E-state index in [2.05, 4.69) is 58.9 Å². The average molecular weight is 466 g/mol. The molecule has 0 aliphatic carbocycles. The number of hydrogen-bond donors (Lipinski definition) is 2. The van der Waals surface area contributed by atoms with Crippen LogP contribution in [0.25, 0.3) is 0 Å². The molecule has 0 saturated carbocycles. The zero-order valence-corrected chi connectivity index (χ0v) is 20.2. The number of nitrogens with zero attached hydrogens (tertiary/aromatic N) is 3. The molecule has 2 aromatic carbocycles. The van der Waals surface area contributed by atoms with E-state index in [4.69, 9.17) is 4.98 Å². The lowest BCUT2D eigenvalue weighted by Gasteiger charge is -2.30. The molecule has 0 atom stereocenters. The van der Waals surface area contributed by atoms with Crippen LogP contribution in [0, 0.1) is 12.8 Å². The van der Waals surface area contributed by atoms with Crippen LogP contribution in [0.15, 0.2) is 59.6 Å². The second-order valence-electron chi connectivity index (χ2n) is 8.86. The number of aryl methyl sites for hydroxylation is 2. The number of fused-ring (bicyclic) bond motifs is 1. The third-order valence-electron chi connectivity index (χ3n) is 5.71. The second-order valence-corrected chi connectivity index (χ2v) is 10.6. The minimum atomic E-state index is -3.51. The van der Waals surface area contributed by atoms with Crippen molar-refractivity contribution in [2.45, 2.75) is 44.9 Å². The summed E-state index contributed by atoms with van der Waals surface area (Å²) in [6.45, 7) is 7.58. The van der Waals surface area contributed by atoms with Crippen molar-refractivity contribution in [3.63, 3.8) is 0 Å². The maximum absolute atomic E-state index is 12.5. The Labute approximate surface area is 196 Å². The molecule has 0 saturated heterocycles. The summed E-state index contributed by atoms with van der Waals surface area (Å²) in [5.74, 6) is 1.75. The van der Waals surface area contributed by atoms with Crippen LogP contribution in [-0.4, -0.2) is 31.5 Å². The van der Waals surface area contributed by atoms with Crippen molar-refractivity contribution in [3.05, 3.63) is 65.9 Å². The van der Waals surface area contributed by atoms with Gasteiger partial charge in [-0.15, -0.1) is 0 Å². The predicted molar refractivity (Wildman–Crippen MR) is 133 cm³/mol. The Balaban J connectivity index is 1.47. The molecule has 0 unspecified atom stereocenters. The number of sulfonamides is 1. The summed E-state index contributed by atoms with van der Waals surface area (Å²) in [4.78, 5) is 11.5. The van der Waals surface area contributed by atoms with Gasteiger partial charge in [-0.2, -0.15) is 4.98 Å². The molecule has 0 bridgehead atoms. The first kappa shape index (κ1) is 23.2. The fourth-order valence-electron chi connectivity index (χ4n) is 3.94. The van der Waals surface area contributed by atoms with Crippen molar-refractivity contribution in [1.82, 2.24) is 14.7 Å². The largest absolute Gasteiger partial charge is 0.326 e. The van der Waals surface area contributed by atoms with E-state index in [1.165, 1.54) is 16.8 Å². The Kier molecular flexibility index (Phi) is 6.95. The molecule has 33 heavy (non-hydrogen) atoms. The summed E-state index contributed by atoms with van der Waals surface area (Å²) in [5.41, 5.74) is 4.52. The van der Waals surface area contributed by atoms with Crippen LogP contribution < -0.4 is 14.9 Å². The van der Waals surface area contributed by atoms with E-state index >= 15 is 0 Å². The fourth-order valence-corrected chi connectivity index (χ4v) is 4.98. The van der Waals surface area contributed by atoms with Gasteiger partial charge in [-0.05, 0) is 74.1 Å². The van der Waals surface area contributed by atoms with Gasteiger partial charge in [0.05, 0.1) is 4.90 Å². The van der Waals surface area contributed by atoms with Gasteiger partial charge in [0.25, 0.3) is 0 Å². The highest BCUT2D eigenvalue weighted by molar-refractivity contribution is 7.89. The molecule has 1 aliphatic heterocycles. The highest BCUT2D eigenvalue weighted by atomic mass is 32.2. The number of rotatable bonds is 8. The summed E-state index contributed by atoms with van der Waals surface area (Å²) >= 11 is 0. The molecule has 3 aromatic rings. The summed E-state index contributed by atoms with van der Waals surface area (Å²) in [7, 11) is -3.51. The Bertz CT molecular complexity index is 1210. The number of nitrogens with one attached hydrogen (secondary N) is 2. The molecule has 2 heterocycles. The number of benzene rings is 2. The minimum Gasteiger partial charge on any atom is -0.326 e. The first-order valence-electron chi connectivity index (χ1n) is 11.4. The van der Waals surface area contributed by atoms with E-state index in [1.54, 1.807) is 30.5 Å². The molecule has 174 valence electrons. The maximum atomic E-state index is 12.5. The van der Waals surface area contributed by atoms with E-state index in [-0.39, 0.29) is 4.90 Å². The van der Waals surface area contributed by atoms with Gasteiger partial charge in [0.2, 0.25) is 16.0 Å². The van der Waals surface area contributed by atoms with Crippen LogP contribution in [0.1, 0.15) is 37.8 Å². The van der Waals surface area contributed by atoms with Crippen LogP contribution in [0.5, 0.6) is 0 Å². The summed E-state index contributed by atoms with van der Waals surface area (Å²) in [6.07, 6.45) is 4.69. The third kappa shape index (κ3) is 5.69. The third-order valence-corrected chi connectivity index (χ3v) is 7.18. The van der Waals surface area contributed by atoms with E-state index < -0.39 is 10.0 Å². The standard InChI is InChI=1S/C25H31N5O2S/c1-18(2)12-15-27-33(31,32)22-9-7-21(8-10-22)28-25-26-14-13-24(29-25)30-16-4-5-20-17-19(3)6-11-23(20)30/h6-11,13-14,17-18,27H,4-5,12,15-16H2,1-3H3,(H,26,28,29). The van der Waals surface area contributed by atoms with Crippen LogP contribution >= 0.6 is 0 Å². The zero-order chi connectivity index (χ0) is 23.4. The van der Waals surface area contributed by atoms with E-state index in [0.717, 1.165) is 37.3 Å². The van der Waals surface area contributed by atoms with Gasteiger partial charge in [-0.1, -0.05) is 31.5 Å². The molecule has 4 rings (SSSR count). The molecular formula is C25H31N5O2S. The van der Waals surface area contributed by atoms with Gasteiger partial charge in [0.1, 0.15) is 5.82 Å². The van der Waals surface area contributed by atoms with Crippen LogP contribution in [-0.2, 0) is 16.4 Å². The summed E-state index contributed by atoms with van der Waals surface area (Å²) in [5, 5.41) is 3.19. The average Bonchev–Trinajstić information content (AvgIpc) is 2.78. The van der Waals surface area contributed by atoms with Crippen molar-refractivity contribution in [2.75, 3.05) is 23.3 Å². The highest BCUT2D eigenvalue weighted by Crippen LogP contribution is 2.33. The molecular weight excluding hydrogens is 434 g/mol. The first-order valence-corrected chi connectivity index (χ1v) is 12.9. The Morgan fingerprint density at radius 2 is 1.88 bits per heavy atom. The van der Waals surface area contributed by atoms with Gasteiger partial charge in [-0.3, -0.25) is 0 Å². The van der Waals surface area contributed by atoms with Crippen molar-refractivity contribution < 1.29 is 8.42 Å². The molecule has 0 fully saturated rings. The molecule has 0 amide bonds. The predicted octanol–water partition coefficient (Wildman–Crippen LogP) is 4.94. The lowest BCUT2D eigenvalue weighted by Crippen LogP contribution is -2.25. The smallest absolute Gasteiger partial charge is 0.240 e. The normalized spacial score (nSPS) is 13.8. The quantitative estimate of drug-likeness (QED) is 0.490. The maximum Gasteiger partial charge on any atom is 0.240 e. The first-order chi connectivity index (χ1) is 15.8. The fraction of sp³-hybridized carbons (Fsp3) is 0.360. The number of aromatic nitrogens is 2. The monoisotopic (exact) mass is 465 g/mol. The van der Waals surface area contributed by atoms with Crippen LogP contribution in [0.4, 0.5) is 23.1 Å². The molecule has 1 aliphatic rings. The van der Waals surface area contributed by atoms with Crippen LogP contribution in [0.3, 0.4) is 0 Å². The molecule has 8 heteroatoms. The Morgan fingerprint density at radius 3 is 2.64 bits per heavy atom. The summed E-state index contributed by atoms with van der Waals surface area (Å²) in [6, 6.07) is 15.1. The van der Waals surface area contributed by atoms with Crippen molar-refractivity contribution in [2.24, 2.45) is 5.92 Å². The zero-order valence-electron chi connectivity index (χ0n) is 19.4. The Hall–Kier alpha value is -2.97. The van der Waals surface area contributed by atoms with Gasteiger partial charge in [-0.25, -0.2) is 18.1 Å². The molecule has 2 N–H and O–H groups in total. The van der Waals surface area contributed by atoms with Crippen molar-refractivity contribution in [1.29, 1.82) is 0 Å². The Morgan fingerprint density at radius 1 is 1.09 bits per heavy atom. The van der Waals surface area contributed by atoms with E-state index in [9.17, 15) is 8.42 Å². The van der Waals surface area contributed by atoms with E-state index in [0.29, 0.717) is 18.4 Å². The van der Waals surface area contributed by atoms with Gasteiger partial charge in [0, 0.05) is 30.7 Å². The molecule has 0 spiro atoms. The highest BCUT2D eigenvalue weighted by Gasteiger charge is 2.20. The minimum absolute atomic E-state index is 0.242. The molecule has 0 radical (unpaired) electrons. The van der Waals surface area contributed by atoms with Gasteiger partial charge in [0.15, 0.2) is 0 Å². The summed E-state index contributed by atoms with van der Waals surface area (Å²) < 4.78 is 27.6. The van der Waals surface area contributed by atoms with Crippen LogP contribution in [0.2, 0.25) is 0 Å². The molecule has 1 aromatic heterocycles. The molecule has 7 nitrogen and oxygen atoms in total. The number of anilines is 4. The topological polar surface area (TPSA) is 87.2 Å². The van der Waals surface area contributed by atoms with Gasteiger partial charge >= 0.3 is 0 Å². The van der Waals surface area contributed by atoms with Gasteiger partial charge < -0.3 is 10.2 Å². The van der Waals surface area contributed by atoms with Crippen molar-refractivity contribution >= 4 is 33.2 Å². The van der Waals surface area contributed by atoms with Crippen molar-refractivity contribution in [3.8, 4) is 0 Å². The van der Waals surface area contributed by atoms with E-state index in [1.807, 2.05) is 6.07 Å². The second kappa shape index (κ2) is 9.89. The lowest BCUT2D eigenvalue weighted by molar-refractivity contribution is 0.551. The SMILES string of the molecule is Cc1ccc2c(c1)CCCN2c1ccnc(Nc2ccc(S(=O)(=O)NCCC(C)C)cc2)n1. The number of hydrogen-bond acceptors (Lipinski definition) is 6.